The Labute approximate surface area is 130 Å². The second kappa shape index (κ2) is 10.1. The number of aliphatic hydroxyl groups excluding tert-OH is 1. The first kappa shape index (κ1) is 17.3. The van der Waals surface area contributed by atoms with Crippen LogP contribution in [0.4, 0.5) is 0 Å². The molecule has 112 valence electrons. The fourth-order valence-corrected chi connectivity index (χ4v) is 2.78. The van der Waals surface area contributed by atoms with Gasteiger partial charge in [0.2, 0.25) is 5.91 Å². The fraction of sp³-hybridized carbons (Fsp3) is 0.533. The van der Waals surface area contributed by atoms with Gasteiger partial charge in [0.25, 0.3) is 0 Å². The predicted molar refractivity (Wildman–Crippen MR) is 85.3 cm³/mol. The Morgan fingerprint density at radius 2 is 2.05 bits per heavy atom. The maximum Gasteiger partial charge on any atom is 0.230 e. The summed E-state index contributed by atoms with van der Waals surface area (Å²) in [5.74, 6) is 0.804. The van der Waals surface area contributed by atoms with Gasteiger partial charge < -0.3 is 10.4 Å². The summed E-state index contributed by atoms with van der Waals surface area (Å²) in [4.78, 5) is 12.8. The molecule has 0 saturated carbocycles. The lowest BCUT2D eigenvalue weighted by atomic mass is 10.0. The molecular weight excluding hydrogens is 294 g/mol. The van der Waals surface area contributed by atoms with E-state index in [1.54, 1.807) is 0 Å². The molecule has 1 atom stereocenters. The summed E-state index contributed by atoms with van der Waals surface area (Å²) >= 11 is 7.30. The molecule has 0 fully saturated rings. The topological polar surface area (TPSA) is 49.3 Å². The van der Waals surface area contributed by atoms with Gasteiger partial charge in [-0.15, -0.1) is 11.8 Å². The van der Waals surface area contributed by atoms with Gasteiger partial charge in [0.15, 0.2) is 0 Å². The number of benzene rings is 1. The number of thioether (sulfide) groups is 1. The average molecular weight is 316 g/mol. The molecule has 0 heterocycles. The van der Waals surface area contributed by atoms with Crippen molar-refractivity contribution >= 4 is 29.3 Å². The van der Waals surface area contributed by atoms with E-state index < -0.39 is 0 Å². The van der Waals surface area contributed by atoms with Gasteiger partial charge in [-0.3, -0.25) is 4.79 Å². The van der Waals surface area contributed by atoms with E-state index in [4.69, 9.17) is 16.7 Å². The van der Waals surface area contributed by atoms with Gasteiger partial charge in [-0.1, -0.05) is 24.9 Å². The number of nitrogens with one attached hydrogen (secondary N) is 1. The smallest absolute Gasteiger partial charge is 0.230 e. The van der Waals surface area contributed by atoms with Gasteiger partial charge in [-0.05, 0) is 43.0 Å². The maximum atomic E-state index is 11.8. The molecule has 1 aromatic carbocycles. The quantitative estimate of drug-likeness (QED) is 0.687. The molecule has 0 radical (unpaired) electrons. The maximum absolute atomic E-state index is 11.8. The van der Waals surface area contributed by atoms with Gasteiger partial charge >= 0.3 is 0 Å². The minimum Gasteiger partial charge on any atom is -0.396 e. The lowest BCUT2D eigenvalue weighted by molar-refractivity contribution is -0.118. The molecule has 2 N–H and O–H groups in total. The van der Waals surface area contributed by atoms with Crippen molar-refractivity contribution in [1.82, 2.24) is 5.32 Å². The molecule has 0 saturated heterocycles. The summed E-state index contributed by atoms with van der Waals surface area (Å²) in [7, 11) is 0. The summed E-state index contributed by atoms with van der Waals surface area (Å²) in [5.41, 5.74) is 0. The van der Waals surface area contributed by atoms with E-state index in [0.717, 1.165) is 24.2 Å². The van der Waals surface area contributed by atoms with Crippen molar-refractivity contribution < 1.29 is 9.90 Å². The molecule has 1 amide bonds. The number of hydrogen-bond donors (Lipinski definition) is 2. The highest BCUT2D eigenvalue weighted by atomic mass is 35.5. The van der Waals surface area contributed by atoms with Crippen LogP contribution in [0.25, 0.3) is 0 Å². The van der Waals surface area contributed by atoms with Crippen LogP contribution in [-0.4, -0.2) is 29.9 Å². The highest BCUT2D eigenvalue weighted by Crippen LogP contribution is 2.20. The average Bonchev–Trinajstić information content (AvgIpc) is 2.44. The Hall–Kier alpha value is -0.710. The van der Waals surface area contributed by atoms with Crippen molar-refractivity contribution in [3.8, 4) is 0 Å². The van der Waals surface area contributed by atoms with Crippen molar-refractivity contribution in [2.45, 2.75) is 31.1 Å². The standard InChI is InChI=1S/C15H22ClNO2S/c1-2-3-12(8-9-18)10-17-15(19)11-20-14-6-4-13(16)5-7-14/h4-7,12,18H,2-3,8-11H2,1H3,(H,17,19). The molecule has 1 aromatic rings. The molecule has 20 heavy (non-hydrogen) atoms. The van der Waals surface area contributed by atoms with Crippen molar-refractivity contribution in [2.75, 3.05) is 18.9 Å². The number of halogens is 1. The van der Waals surface area contributed by atoms with E-state index in [-0.39, 0.29) is 12.5 Å². The van der Waals surface area contributed by atoms with E-state index in [1.165, 1.54) is 11.8 Å². The van der Waals surface area contributed by atoms with Gasteiger partial charge in [0, 0.05) is 23.1 Å². The Kier molecular flexibility index (Phi) is 8.74. The highest BCUT2D eigenvalue weighted by molar-refractivity contribution is 8.00. The number of aliphatic hydroxyl groups is 1. The van der Waals surface area contributed by atoms with Gasteiger partial charge in [-0.25, -0.2) is 0 Å². The monoisotopic (exact) mass is 315 g/mol. The summed E-state index contributed by atoms with van der Waals surface area (Å²) in [6.45, 7) is 2.94. The second-order valence-electron chi connectivity index (χ2n) is 4.71. The van der Waals surface area contributed by atoms with Crippen LogP contribution >= 0.6 is 23.4 Å². The lowest BCUT2D eigenvalue weighted by Gasteiger charge is -2.15. The largest absolute Gasteiger partial charge is 0.396 e. The molecule has 1 unspecified atom stereocenters. The summed E-state index contributed by atoms with van der Waals surface area (Å²) in [5, 5.41) is 12.6. The summed E-state index contributed by atoms with van der Waals surface area (Å²) < 4.78 is 0. The van der Waals surface area contributed by atoms with Crippen LogP contribution in [0.2, 0.25) is 5.02 Å². The zero-order valence-electron chi connectivity index (χ0n) is 11.8. The Morgan fingerprint density at radius 3 is 2.65 bits per heavy atom. The van der Waals surface area contributed by atoms with Gasteiger partial charge in [0.1, 0.15) is 0 Å². The molecule has 0 aliphatic heterocycles. The van der Waals surface area contributed by atoms with Crippen LogP contribution in [-0.2, 0) is 4.79 Å². The molecule has 0 aliphatic carbocycles. The van der Waals surface area contributed by atoms with E-state index >= 15 is 0 Å². The summed E-state index contributed by atoms with van der Waals surface area (Å²) in [6.07, 6.45) is 2.85. The molecule has 3 nitrogen and oxygen atoms in total. The third kappa shape index (κ3) is 7.17. The van der Waals surface area contributed by atoms with Crippen LogP contribution in [0, 0.1) is 5.92 Å². The SMILES string of the molecule is CCCC(CCO)CNC(=O)CSc1ccc(Cl)cc1. The Balaban J connectivity index is 2.27. The first-order valence-electron chi connectivity index (χ1n) is 6.91. The van der Waals surface area contributed by atoms with E-state index in [9.17, 15) is 4.79 Å². The number of carbonyl (C=O) groups excluding carboxylic acids is 1. The van der Waals surface area contributed by atoms with E-state index in [0.29, 0.717) is 23.2 Å². The number of carbonyl (C=O) groups is 1. The third-order valence-electron chi connectivity index (χ3n) is 3.01. The lowest BCUT2D eigenvalue weighted by Crippen LogP contribution is -2.31. The minimum atomic E-state index is 0.0315. The number of amides is 1. The van der Waals surface area contributed by atoms with Crippen molar-refractivity contribution in [3.63, 3.8) is 0 Å². The first-order valence-corrected chi connectivity index (χ1v) is 8.28. The van der Waals surface area contributed by atoms with Crippen molar-refractivity contribution in [1.29, 1.82) is 0 Å². The fourth-order valence-electron chi connectivity index (χ4n) is 1.93. The first-order chi connectivity index (χ1) is 9.65. The molecule has 0 spiro atoms. The van der Waals surface area contributed by atoms with Gasteiger partial charge in [-0.2, -0.15) is 0 Å². The summed E-state index contributed by atoms with van der Waals surface area (Å²) in [6, 6.07) is 7.46. The zero-order chi connectivity index (χ0) is 14.8. The predicted octanol–water partition coefficient (Wildman–Crippen LogP) is 3.35. The number of hydrogen-bond acceptors (Lipinski definition) is 3. The Bertz CT molecular complexity index is 391. The normalized spacial score (nSPS) is 12.2. The van der Waals surface area contributed by atoms with Crippen LogP contribution in [0.1, 0.15) is 26.2 Å². The third-order valence-corrected chi connectivity index (χ3v) is 4.27. The second-order valence-corrected chi connectivity index (χ2v) is 6.20. The van der Waals surface area contributed by atoms with Gasteiger partial charge in [0.05, 0.1) is 5.75 Å². The van der Waals surface area contributed by atoms with Crippen LogP contribution < -0.4 is 5.32 Å². The molecule has 0 bridgehead atoms. The molecule has 5 heteroatoms. The van der Waals surface area contributed by atoms with E-state index in [1.807, 2.05) is 24.3 Å². The molecular formula is C15H22ClNO2S. The minimum absolute atomic E-state index is 0.0315. The highest BCUT2D eigenvalue weighted by Gasteiger charge is 2.09. The zero-order valence-corrected chi connectivity index (χ0v) is 13.3. The molecule has 0 aliphatic rings. The molecule has 1 rings (SSSR count). The van der Waals surface area contributed by atoms with Crippen molar-refractivity contribution in [2.24, 2.45) is 5.92 Å². The Morgan fingerprint density at radius 1 is 1.35 bits per heavy atom. The van der Waals surface area contributed by atoms with Crippen LogP contribution in [0.3, 0.4) is 0 Å². The van der Waals surface area contributed by atoms with Crippen LogP contribution in [0.5, 0.6) is 0 Å². The molecule has 0 aromatic heterocycles. The van der Waals surface area contributed by atoms with Crippen molar-refractivity contribution in [3.05, 3.63) is 29.3 Å². The van der Waals surface area contributed by atoms with Crippen LogP contribution in [0.15, 0.2) is 29.2 Å². The van der Waals surface area contributed by atoms with E-state index in [2.05, 4.69) is 12.2 Å². The number of rotatable bonds is 9.